The first-order chi connectivity index (χ1) is 7.15. The van der Waals surface area contributed by atoms with E-state index in [1.54, 1.807) is 0 Å². The average molecular weight is 210 g/mol. The second kappa shape index (κ2) is 4.02. The third-order valence-corrected chi connectivity index (χ3v) is 2.72. The lowest BCUT2D eigenvalue weighted by Gasteiger charge is -2.07. The van der Waals surface area contributed by atoms with E-state index in [2.05, 4.69) is 16.9 Å². The Kier molecular flexibility index (Phi) is 2.73. The number of nitrogens with zero attached hydrogens (tertiary/aromatic N) is 2. The van der Waals surface area contributed by atoms with Gasteiger partial charge < -0.3 is 14.4 Å². The van der Waals surface area contributed by atoms with Gasteiger partial charge >= 0.3 is 5.97 Å². The van der Waals surface area contributed by atoms with Crippen LogP contribution in [0.1, 0.15) is 22.8 Å². The summed E-state index contributed by atoms with van der Waals surface area (Å²) in [5.74, 6) is 0.0385. The number of aromatic nitrogens is 1. The number of carboxylic acids is 1. The Morgan fingerprint density at radius 1 is 1.80 bits per heavy atom. The van der Waals surface area contributed by atoms with Gasteiger partial charge in [0.1, 0.15) is 6.26 Å². The molecule has 2 heterocycles. The van der Waals surface area contributed by atoms with Crippen molar-refractivity contribution in [3.8, 4) is 0 Å². The molecular formula is C10H14N2O3. The molecule has 2 rings (SSSR count). The number of carboxylic acid groups (broad SMARTS) is 1. The summed E-state index contributed by atoms with van der Waals surface area (Å²) >= 11 is 0. The maximum absolute atomic E-state index is 10.6. The zero-order valence-electron chi connectivity index (χ0n) is 8.64. The van der Waals surface area contributed by atoms with Crippen LogP contribution < -0.4 is 0 Å². The number of hydrogen-bond acceptors (Lipinski definition) is 4. The second-order valence-electron chi connectivity index (χ2n) is 4.05. The van der Waals surface area contributed by atoms with Crippen LogP contribution in [0, 0.1) is 5.92 Å². The van der Waals surface area contributed by atoms with Gasteiger partial charge in [-0.05, 0) is 25.9 Å². The van der Waals surface area contributed by atoms with E-state index in [1.165, 1.54) is 6.26 Å². The van der Waals surface area contributed by atoms with E-state index in [-0.39, 0.29) is 5.69 Å². The van der Waals surface area contributed by atoms with Gasteiger partial charge in [0.05, 0.1) is 0 Å². The summed E-state index contributed by atoms with van der Waals surface area (Å²) in [5.41, 5.74) is -0.00338. The Labute approximate surface area is 87.7 Å². The molecule has 5 nitrogen and oxygen atoms in total. The smallest absolute Gasteiger partial charge is 0.357 e. The molecular weight excluding hydrogens is 196 g/mol. The van der Waals surface area contributed by atoms with Crippen molar-refractivity contribution in [1.82, 2.24) is 9.88 Å². The molecule has 1 aliphatic heterocycles. The normalized spacial score (nSPS) is 22.1. The number of aromatic carboxylic acids is 1. The minimum absolute atomic E-state index is 0.00338. The molecule has 82 valence electrons. The van der Waals surface area contributed by atoms with E-state index >= 15 is 0 Å². The van der Waals surface area contributed by atoms with Crippen molar-refractivity contribution in [1.29, 1.82) is 0 Å². The largest absolute Gasteiger partial charge is 0.476 e. The van der Waals surface area contributed by atoms with Crippen LogP contribution >= 0.6 is 0 Å². The lowest BCUT2D eigenvalue weighted by Crippen LogP contribution is -2.15. The third kappa shape index (κ3) is 2.36. The van der Waals surface area contributed by atoms with Crippen molar-refractivity contribution in [2.45, 2.75) is 12.8 Å². The molecule has 0 aliphatic carbocycles. The highest BCUT2D eigenvalue weighted by Crippen LogP contribution is 2.19. The van der Waals surface area contributed by atoms with Crippen LogP contribution in [0.4, 0.5) is 0 Å². The Morgan fingerprint density at radius 3 is 3.13 bits per heavy atom. The molecule has 1 saturated heterocycles. The maximum atomic E-state index is 10.6. The first-order valence-electron chi connectivity index (χ1n) is 5.01. The summed E-state index contributed by atoms with van der Waals surface area (Å²) in [6.07, 6.45) is 3.06. The van der Waals surface area contributed by atoms with Crippen LogP contribution in [0.3, 0.4) is 0 Å². The fraction of sp³-hybridized carbons (Fsp3) is 0.600. The van der Waals surface area contributed by atoms with Gasteiger partial charge in [-0.25, -0.2) is 9.78 Å². The van der Waals surface area contributed by atoms with Crippen molar-refractivity contribution in [3.63, 3.8) is 0 Å². The SMILES string of the molecule is CN1CCC(Cc2nc(C(=O)O)co2)C1. The lowest BCUT2D eigenvalue weighted by molar-refractivity contribution is 0.0690. The van der Waals surface area contributed by atoms with Crippen LogP contribution in [0.5, 0.6) is 0 Å². The predicted octanol–water partition coefficient (Wildman–Crippen LogP) is 0.867. The Balaban J connectivity index is 1.96. The second-order valence-corrected chi connectivity index (χ2v) is 4.05. The van der Waals surface area contributed by atoms with Gasteiger partial charge in [-0.1, -0.05) is 0 Å². The summed E-state index contributed by atoms with van der Waals surface area (Å²) < 4.78 is 5.11. The molecule has 0 saturated carbocycles. The summed E-state index contributed by atoms with van der Waals surface area (Å²) in [6.45, 7) is 2.13. The first-order valence-corrected chi connectivity index (χ1v) is 5.01. The van der Waals surface area contributed by atoms with Crippen LogP contribution in [-0.2, 0) is 6.42 Å². The molecule has 1 aromatic rings. The van der Waals surface area contributed by atoms with Crippen LogP contribution in [0.25, 0.3) is 0 Å². The fourth-order valence-corrected chi connectivity index (χ4v) is 1.94. The van der Waals surface area contributed by atoms with E-state index in [0.29, 0.717) is 11.8 Å². The maximum Gasteiger partial charge on any atom is 0.357 e. The number of carbonyl (C=O) groups is 1. The quantitative estimate of drug-likeness (QED) is 0.801. The number of likely N-dealkylation sites (tertiary alicyclic amines) is 1. The van der Waals surface area contributed by atoms with Gasteiger partial charge in [-0.2, -0.15) is 0 Å². The summed E-state index contributed by atoms with van der Waals surface area (Å²) in [5, 5.41) is 8.67. The first kappa shape index (κ1) is 10.2. The zero-order chi connectivity index (χ0) is 10.8. The Morgan fingerprint density at radius 2 is 2.60 bits per heavy atom. The molecule has 15 heavy (non-hydrogen) atoms. The Hall–Kier alpha value is -1.36. The van der Waals surface area contributed by atoms with Crippen LogP contribution in [0.2, 0.25) is 0 Å². The Bertz CT molecular complexity index is 361. The molecule has 1 N–H and O–H groups in total. The van der Waals surface area contributed by atoms with Crippen LogP contribution in [-0.4, -0.2) is 41.1 Å². The van der Waals surface area contributed by atoms with Gasteiger partial charge in [0, 0.05) is 13.0 Å². The summed E-state index contributed by atoms with van der Waals surface area (Å²) in [7, 11) is 2.08. The predicted molar refractivity (Wildman–Crippen MR) is 52.8 cm³/mol. The zero-order valence-corrected chi connectivity index (χ0v) is 8.64. The van der Waals surface area contributed by atoms with Gasteiger partial charge in [0.2, 0.25) is 0 Å². The van der Waals surface area contributed by atoms with Crippen molar-refractivity contribution < 1.29 is 14.3 Å². The summed E-state index contributed by atoms with van der Waals surface area (Å²) in [4.78, 5) is 16.7. The molecule has 0 amide bonds. The van der Waals surface area contributed by atoms with Gasteiger partial charge in [-0.15, -0.1) is 0 Å². The molecule has 1 aliphatic rings. The van der Waals surface area contributed by atoms with Crippen molar-refractivity contribution in [2.24, 2.45) is 5.92 Å². The highest BCUT2D eigenvalue weighted by molar-refractivity contribution is 5.84. The molecule has 0 radical (unpaired) electrons. The van der Waals surface area contributed by atoms with Crippen molar-refractivity contribution >= 4 is 5.97 Å². The van der Waals surface area contributed by atoms with Gasteiger partial charge in [0.15, 0.2) is 11.6 Å². The van der Waals surface area contributed by atoms with E-state index in [1.807, 2.05) is 0 Å². The van der Waals surface area contributed by atoms with E-state index in [9.17, 15) is 4.79 Å². The minimum Gasteiger partial charge on any atom is -0.476 e. The highest BCUT2D eigenvalue weighted by Gasteiger charge is 2.22. The molecule has 1 atom stereocenters. The summed E-state index contributed by atoms with van der Waals surface area (Å²) in [6, 6.07) is 0. The third-order valence-electron chi connectivity index (χ3n) is 2.72. The van der Waals surface area contributed by atoms with E-state index in [4.69, 9.17) is 9.52 Å². The lowest BCUT2D eigenvalue weighted by atomic mass is 10.1. The average Bonchev–Trinajstić information content (AvgIpc) is 2.76. The van der Waals surface area contributed by atoms with Gasteiger partial charge in [0.25, 0.3) is 0 Å². The monoisotopic (exact) mass is 210 g/mol. The number of rotatable bonds is 3. The number of hydrogen-bond donors (Lipinski definition) is 1. The fourth-order valence-electron chi connectivity index (χ4n) is 1.94. The van der Waals surface area contributed by atoms with Crippen molar-refractivity contribution in [2.75, 3.05) is 20.1 Å². The van der Waals surface area contributed by atoms with E-state index < -0.39 is 5.97 Å². The van der Waals surface area contributed by atoms with Crippen LogP contribution in [0.15, 0.2) is 10.7 Å². The molecule has 1 fully saturated rings. The molecule has 0 spiro atoms. The molecule has 0 bridgehead atoms. The standard InChI is InChI=1S/C10H14N2O3/c1-12-3-2-7(5-12)4-9-11-8(6-15-9)10(13)14/h6-7H,2-5H2,1H3,(H,13,14). The van der Waals surface area contributed by atoms with Gasteiger partial charge in [-0.3, -0.25) is 0 Å². The molecule has 5 heteroatoms. The topological polar surface area (TPSA) is 66.6 Å². The van der Waals surface area contributed by atoms with Crippen molar-refractivity contribution in [3.05, 3.63) is 17.8 Å². The van der Waals surface area contributed by atoms with E-state index in [0.717, 1.165) is 25.9 Å². The molecule has 0 aromatic carbocycles. The molecule has 1 aromatic heterocycles. The number of oxazole rings is 1. The minimum atomic E-state index is -1.03. The highest BCUT2D eigenvalue weighted by atomic mass is 16.4. The molecule has 1 unspecified atom stereocenters.